The first kappa shape index (κ1) is 20.5. The van der Waals surface area contributed by atoms with Gasteiger partial charge in [0.25, 0.3) is 0 Å². The zero-order valence-corrected chi connectivity index (χ0v) is 18.2. The van der Waals surface area contributed by atoms with E-state index in [1.54, 1.807) is 6.07 Å². The summed E-state index contributed by atoms with van der Waals surface area (Å²) in [6, 6.07) is 14.2. The molecule has 4 nitrogen and oxygen atoms in total. The van der Waals surface area contributed by atoms with Crippen molar-refractivity contribution in [2.24, 2.45) is 0 Å². The molecule has 4 rings (SSSR count). The van der Waals surface area contributed by atoms with Crippen LogP contribution in [0, 0.1) is 0 Å². The minimum Gasteiger partial charge on any atom is -0.384 e. The van der Waals surface area contributed by atoms with Crippen LogP contribution in [0.5, 0.6) is 0 Å². The van der Waals surface area contributed by atoms with E-state index in [0.29, 0.717) is 33.0 Å². The normalized spacial score (nSPS) is 19.4. The van der Waals surface area contributed by atoms with E-state index >= 15 is 0 Å². The van der Waals surface area contributed by atoms with Crippen LogP contribution in [-0.2, 0) is 6.54 Å². The quantitative estimate of drug-likeness (QED) is 0.428. The van der Waals surface area contributed by atoms with Crippen LogP contribution in [-0.4, -0.2) is 17.1 Å². The number of benzene rings is 2. The molecule has 0 unspecified atom stereocenters. The molecule has 0 amide bonds. The zero-order chi connectivity index (χ0) is 20.4. The van der Waals surface area contributed by atoms with Gasteiger partial charge in [0.15, 0.2) is 0 Å². The van der Waals surface area contributed by atoms with Crippen LogP contribution >= 0.6 is 34.8 Å². The smallest absolute Gasteiger partial charge is 0.126 e. The van der Waals surface area contributed by atoms with Gasteiger partial charge in [-0.15, -0.1) is 0 Å². The minimum atomic E-state index is 0.411. The fourth-order valence-corrected chi connectivity index (χ4v) is 4.72. The number of pyridine rings is 1. The Morgan fingerprint density at radius 3 is 2.28 bits per heavy atom. The van der Waals surface area contributed by atoms with Gasteiger partial charge in [-0.1, -0.05) is 34.8 Å². The average Bonchev–Trinajstić information content (AvgIpc) is 2.66. The summed E-state index contributed by atoms with van der Waals surface area (Å²) < 4.78 is 0. The van der Waals surface area contributed by atoms with Gasteiger partial charge in [0.1, 0.15) is 5.82 Å². The lowest BCUT2D eigenvalue weighted by Crippen LogP contribution is -2.36. The molecule has 0 saturated heterocycles. The van der Waals surface area contributed by atoms with Gasteiger partial charge in [0, 0.05) is 50.8 Å². The number of nitrogen functional groups attached to an aromatic ring is 1. The Balaban J connectivity index is 1.35. The first-order chi connectivity index (χ1) is 14.0. The van der Waals surface area contributed by atoms with Crippen LogP contribution in [0.1, 0.15) is 31.2 Å². The summed E-state index contributed by atoms with van der Waals surface area (Å²) in [5.41, 5.74) is 8.94. The molecule has 29 heavy (non-hydrogen) atoms. The van der Waals surface area contributed by atoms with Gasteiger partial charge in [-0.3, -0.25) is 0 Å². The van der Waals surface area contributed by atoms with Gasteiger partial charge in [0.2, 0.25) is 0 Å². The molecule has 1 aromatic heterocycles. The predicted molar refractivity (Wildman–Crippen MR) is 124 cm³/mol. The standard InChI is InChI=1S/C22H23Cl3N4/c23-14-1-6-19-20(10-14)29-22(26)11-21(19)28-18-4-2-17(3-5-18)27-12-13-7-15(24)9-16(25)8-13/h1,6-11,17-18,27H,2-5,12H2,(H3,26,28,29). The highest BCUT2D eigenvalue weighted by Crippen LogP contribution is 2.30. The first-order valence-electron chi connectivity index (χ1n) is 9.77. The summed E-state index contributed by atoms with van der Waals surface area (Å²) in [7, 11) is 0. The number of fused-ring (bicyclic) bond motifs is 1. The van der Waals surface area contributed by atoms with Gasteiger partial charge in [0.05, 0.1) is 5.52 Å². The second-order valence-corrected chi connectivity index (χ2v) is 8.92. The number of nitrogens with one attached hydrogen (secondary N) is 2. The van der Waals surface area contributed by atoms with E-state index in [9.17, 15) is 0 Å². The van der Waals surface area contributed by atoms with E-state index in [-0.39, 0.29) is 0 Å². The molecule has 0 spiro atoms. The van der Waals surface area contributed by atoms with Crippen molar-refractivity contribution < 1.29 is 0 Å². The fourth-order valence-electron chi connectivity index (χ4n) is 3.98. The number of halogens is 3. The largest absolute Gasteiger partial charge is 0.384 e. The highest BCUT2D eigenvalue weighted by molar-refractivity contribution is 6.34. The van der Waals surface area contributed by atoms with Crippen molar-refractivity contribution in [3.8, 4) is 0 Å². The Morgan fingerprint density at radius 2 is 1.55 bits per heavy atom. The Labute approximate surface area is 185 Å². The molecule has 2 aromatic carbocycles. The average molecular weight is 450 g/mol. The van der Waals surface area contributed by atoms with Crippen LogP contribution in [0.25, 0.3) is 10.9 Å². The van der Waals surface area contributed by atoms with E-state index < -0.39 is 0 Å². The number of aromatic nitrogens is 1. The molecule has 0 aliphatic heterocycles. The molecular formula is C22H23Cl3N4. The molecule has 0 bridgehead atoms. The monoisotopic (exact) mass is 448 g/mol. The van der Waals surface area contributed by atoms with E-state index in [0.717, 1.165) is 54.4 Å². The highest BCUT2D eigenvalue weighted by Gasteiger charge is 2.21. The van der Waals surface area contributed by atoms with Gasteiger partial charge in [-0.2, -0.15) is 0 Å². The molecule has 1 aliphatic rings. The second-order valence-electron chi connectivity index (χ2n) is 7.61. The molecular weight excluding hydrogens is 427 g/mol. The summed E-state index contributed by atoms with van der Waals surface area (Å²) in [5, 5.41) is 10.4. The van der Waals surface area contributed by atoms with Crippen molar-refractivity contribution in [3.05, 3.63) is 63.1 Å². The number of hydrogen-bond acceptors (Lipinski definition) is 4. The van der Waals surface area contributed by atoms with Gasteiger partial charge in [-0.05, 0) is 67.6 Å². The van der Waals surface area contributed by atoms with Crippen molar-refractivity contribution in [2.45, 2.75) is 44.3 Å². The van der Waals surface area contributed by atoms with Gasteiger partial charge in [-0.25, -0.2) is 4.98 Å². The van der Waals surface area contributed by atoms with Gasteiger partial charge < -0.3 is 16.4 Å². The summed E-state index contributed by atoms with van der Waals surface area (Å²) >= 11 is 18.3. The summed E-state index contributed by atoms with van der Waals surface area (Å²) in [4.78, 5) is 4.39. The first-order valence-corrected chi connectivity index (χ1v) is 10.9. The number of rotatable bonds is 5. The Hall–Kier alpha value is -1.72. The molecule has 1 heterocycles. The maximum atomic E-state index is 6.10. The Morgan fingerprint density at radius 1 is 0.862 bits per heavy atom. The third-order valence-corrected chi connectivity index (χ3v) is 6.07. The topological polar surface area (TPSA) is 63.0 Å². The van der Waals surface area contributed by atoms with Crippen LogP contribution in [0.2, 0.25) is 15.1 Å². The predicted octanol–water partition coefficient (Wildman–Crippen LogP) is 6.29. The molecule has 0 radical (unpaired) electrons. The van der Waals surface area contributed by atoms with Crippen molar-refractivity contribution in [2.75, 3.05) is 11.1 Å². The summed E-state index contributed by atoms with van der Waals surface area (Å²) in [6.07, 6.45) is 4.39. The lowest BCUT2D eigenvalue weighted by Gasteiger charge is -2.31. The maximum Gasteiger partial charge on any atom is 0.126 e. The summed E-state index contributed by atoms with van der Waals surface area (Å²) in [6.45, 7) is 0.773. The molecule has 7 heteroatoms. The molecule has 3 aromatic rings. The number of nitrogens with two attached hydrogens (primary N) is 1. The Bertz CT molecular complexity index is 991. The van der Waals surface area contributed by atoms with Crippen LogP contribution in [0.3, 0.4) is 0 Å². The molecule has 152 valence electrons. The Kier molecular flexibility index (Phi) is 6.35. The second kappa shape index (κ2) is 8.97. The van der Waals surface area contributed by atoms with Crippen LogP contribution in [0.15, 0.2) is 42.5 Å². The zero-order valence-electron chi connectivity index (χ0n) is 15.9. The van der Waals surface area contributed by atoms with Crippen LogP contribution < -0.4 is 16.4 Å². The molecule has 4 N–H and O–H groups in total. The van der Waals surface area contributed by atoms with Crippen molar-refractivity contribution in [3.63, 3.8) is 0 Å². The molecule has 1 saturated carbocycles. The van der Waals surface area contributed by atoms with E-state index in [2.05, 4.69) is 15.6 Å². The van der Waals surface area contributed by atoms with Crippen molar-refractivity contribution >= 4 is 57.2 Å². The number of nitrogens with zero attached hydrogens (tertiary/aromatic N) is 1. The lowest BCUT2D eigenvalue weighted by molar-refractivity contribution is 0.353. The maximum absolute atomic E-state index is 6.10. The van der Waals surface area contributed by atoms with E-state index in [1.807, 2.05) is 36.4 Å². The third-order valence-electron chi connectivity index (χ3n) is 5.40. The van der Waals surface area contributed by atoms with Crippen molar-refractivity contribution in [1.29, 1.82) is 0 Å². The number of hydrogen-bond donors (Lipinski definition) is 3. The van der Waals surface area contributed by atoms with E-state index in [4.69, 9.17) is 40.5 Å². The molecule has 1 fully saturated rings. The van der Waals surface area contributed by atoms with Crippen LogP contribution in [0.4, 0.5) is 11.5 Å². The molecule has 0 atom stereocenters. The van der Waals surface area contributed by atoms with Crippen molar-refractivity contribution in [1.82, 2.24) is 10.3 Å². The number of anilines is 2. The third kappa shape index (κ3) is 5.26. The lowest BCUT2D eigenvalue weighted by atomic mass is 9.90. The summed E-state index contributed by atoms with van der Waals surface area (Å²) in [5.74, 6) is 0.498. The molecule has 1 aliphatic carbocycles. The SMILES string of the molecule is Nc1cc(NC2CCC(NCc3cc(Cl)cc(Cl)c3)CC2)c2ccc(Cl)cc2n1. The minimum absolute atomic E-state index is 0.411. The van der Waals surface area contributed by atoms with E-state index in [1.165, 1.54) is 0 Å². The fraction of sp³-hybridized carbons (Fsp3) is 0.318. The van der Waals surface area contributed by atoms with Gasteiger partial charge >= 0.3 is 0 Å². The highest BCUT2D eigenvalue weighted by atomic mass is 35.5.